The number of benzene rings is 1. The third-order valence-corrected chi connectivity index (χ3v) is 2.96. The number of nitrogens with one attached hydrogen (secondary N) is 1. The van der Waals surface area contributed by atoms with Gasteiger partial charge < -0.3 is 15.8 Å². The van der Waals surface area contributed by atoms with Crippen molar-refractivity contribution >= 4 is 6.09 Å². The topological polar surface area (TPSA) is 64.3 Å². The van der Waals surface area contributed by atoms with Gasteiger partial charge in [0.25, 0.3) is 0 Å². The van der Waals surface area contributed by atoms with E-state index in [1.54, 1.807) is 32.9 Å². The Bertz CT molecular complexity index is 440. The Labute approximate surface area is 119 Å². The van der Waals surface area contributed by atoms with Gasteiger partial charge in [-0.25, -0.2) is 9.18 Å². The summed E-state index contributed by atoms with van der Waals surface area (Å²) in [5.74, 6) is -0.321. The van der Waals surface area contributed by atoms with Crippen LogP contribution < -0.4 is 11.1 Å². The molecule has 0 aliphatic heterocycles. The van der Waals surface area contributed by atoms with Crippen molar-refractivity contribution in [2.75, 3.05) is 6.54 Å². The van der Waals surface area contributed by atoms with Gasteiger partial charge in [0.2, 0.25) is 0 Å². The Kier molecular flexibility index (Phi) is 5.51. The maximum Gasteiger partial charge on any atom is 0.407 e. The molecule has 112 valence electrons. The van der Waals surface area contributed by atoms with Crippen LogP contribution in [-0.4, -0.2) is 24.3 Å². The molecule has 0 spiro atoms. The lowest BCUT2D eigenvalue weighted by atomic mass is 9.93. The molecule has 0 radical (unpaired) electrons. The van der Waals surface area contributed by atoms with Crippen LogP contribution in [0.25, 0.3) is 0 Å². The van der Waals surface area contributed by atoms with Crippen LogP contribution in [0.15, 0.2) is 24.3 Å². The summed E-state index contributed by atoms with van der Waals surface area (Å²) in [7, 11) is 0. The van der Waals surface area contributed by atoms with Crippen molar-refractivity contribution in [3.63, 3.8) is 0 Å². The highest BCUT2D eigenvalue weighted by atomic mass is 19.1. The van der Waals surface area contributed by atoms with E-state index in [9.17, 15) is 9.18 Å². The largest absolute Gasteiger partial charge is 0.444 e. The van der Waals surface area contributed by atoms with Crippen LogP contribution in [0.2, 0.25) is 0 Å². The molecule has 0 saturated carbocycles. The van der Waals surface area contributed by atoms with Gasteiger partial charge in [-0.2, -0.15) is 0 Å². The molecule has 0 bridgehead atoms. The Morgan fingerprint density at radius 3 is 2.35 bits per heavy atom. The minimum Gasteiger partial charge on any atom is -0.444 e. The highest BCUT2D eigenvalue weighted by Crippen LogP contribution is 2.19. The summed E-state index contributed by atoms with van der Waals surface area (Å²) < 4.78 is 18.1. The Balaban J connectivity index is 2.70. The minimum atomic E-state index is -0.553. The lowest BCUT2D eigenvalue weighted by Crippen LogP contribution is -2.45. The van der Waals surface area contributed by atoms with Gasteiger partial charge in [-0.15, -0.1) is 0 Å². The zero-order chi connectivity index (χ0) is 15.3. The van der Waals surface area contributed by atoms with Crippen molar-refractivity contribution in [3.05, 3.63) is 35.6 Å². The fraction of sp³-hybridized carbons (Fsp3) is 0.533. The molecule has 2 unspecified atom stereocenters. The van der Waals surface area contributed by atoms with Crippen molar-refractivity contribution in [1.82, 2.24) is 5.32 Å². The van der Waals surface area contributed by atoms with Gasteiger partial charge in [0.15, 0.2) is 0 Å². The van der Waals surface area contributed by atoms with Crippen LogP contribution in [0.1, 0.15) is 39.2 Å². The maximum absolute atomic E-state index is 12.9. The highest BCUT2D eigenvalue weighted by molar-refractivity contribution is 5.68. The van der Waals surface area contributed by atoms with E-state index in [2.05, 4.69) is 5.32 Å². The van der Waals surface area contributed by atoms with Crippen LogP contribution in [0.5, 0.6) is 0 Å². The molecule has 3 N–H and O–H groups in total. The standard InChI is InChI=1S/C15H23FN2O2/c1-10(11-5-7-12(16)8-6-11)13(9-17)18-14(19)20-15(2,3)4/h5-8,10,13H,9,17H2,1-4H3,(H,18,19). The Morgan fingerprint density at radius 1 is 1.35 bits per heavy atom. The molecule has 1 aromatic carbocycles. The van der Waals surface area contributed by atoms with Crippen molar-refractivity contribution < 1.29 is 13.9 Å². The van der Waals surface area contributed by atoms with E-state index in [1.165, 1.54) is 12.1 Å². The molecule has 1 rings (SSSR count). The smallest absolute Gasteiger partial charge is 0.407 e. The van der Waals surface area contributed by atoms with E-state index in [4.69, 9.17) is 10.5 Å². The molecule has 1 amide bonds. The number of ether oxygens (including phenoxy) is 1. The van der Waals surface area contributed by atoms with Gasteiger partial charge >= 0.3 is 6.09 Å². The second-order valence-corrected chi connectivity index (χ2v) is 5.83. The number of nitrogens with two attached hydrogens (primary N) is 1. The number of alkyl carbamates (subject to hydrolysis) is 1. The summed E-state index contributed by atoms with van der Waals surface area (Å²) in [6.07, 6.45) is -0.498. The Morgan fingerprint density at radius 2 is 1.90 bits per heavy atom. The number of carbonyl (C=O) groups is 1. The van der Waals surface area contributed by atoms with Crippen molar-refractivity contribution in [2.45, 2.75) is 45.3 Å². The third-order valence-electron chi connectivity index (χ3n) is 2.96. The van der Waals surface area contributed by atoms with Crippen LogP contribution in [0.4, 0.5) is 9.18 Å². The molecule has 0 aliphatic rings. The molecule has 0 saturated heterocycles. The lowest BCUT2D eigenvalue weighted by Gasteiger charge is -2.26. The van der Waals surface area contributed by atoms with Crippen LogP contribution >= 0.6 is 0 Å². The molecule has 0 aliphatic carbocycles. The van der Waals surface area contributed by atoms with Crippen molar-refractivity contribution in [1.29, 1.82) is 0 Å². The number of rotatable bonds is 4. The van der Waals surface area contributed by atoms with Gasteiger partial charge in [0.05, 0.1) is 6.04 Å². The first-order chi connectivity index (χ1) is 9.23. The molecule has 0 heterocycles. The first-order valence-corrected chi connectivity index (χ1v) is 6.68. The second-order valence-electron chi connectivity index (χ2n) is 5.83. The van der Waals surface area contributed by atoms with Crippen LogP contribution in [0, 0.1) is 5.82 Å². The lowest BCUT2D eigenvalue weighted by molar-refractivity contribution is 0.0499. The third kappa shape index (κ3) is 5.17. The van der Waals surface area contributed by atoms with Gasteiger partial charge in [0, 0.05) is 12.5 Å². The fourth-order valence-corrected chi connectivity index (χ4v) is 1.85. The van der Waals surface area contributed by atoms with Gasteiger partial charge in [-0.05, 0) is 38.5 Å². The van der Waals surface area contributed by atoms with Crippen LogP contribution in [0.3, 0.4) is 0 Å². The van der Waals surface area contributed by atoms with Gasteiger partial charge in [0.1, 0.15) is 11.4 Å². The summed E-state index contributed by atoms with van der Waals surface area (Å²) in [5.41, 5.74) is 6.07. The summed E-state index contributed by atoms with van der Waals surface area (Å²) in [5, 5.41) is 2.76. The maximum atomic E-state index is 12.9. The number of carbonyl (C=O) groups excluding carboxylic acids is 1. The predicted molar refractivity (Wildman–Crippen MR) is 77.0 cm³/mol. The second kappa shape index (κ2) is 6.70. The van der Waals surface area contributed by atoms with Gasteiger partial charge in [-0.3, -0.25) is 0 Å². The number of halogens is 1. The quantitative estimate of drug-likeness (QED) is 0.892. The minimum absolute atomic E-state index is 0.0341. The molecule has 2 atom stereocenters. The zero-order valence-corrected chi connectivity index (χ0v) is 12.4. The van der Waals surface area contributed by atoms with Crippen molar-refractivity contribution in [2.24, 2.45) is 5.73 Å². The molecule has 4 nitrogen and oxygen atoms in total. The van der Waals surface area contributed by atoms with E-state index >= 15 is 0 Å². The molecule has 20 heavy (non-hydrogen) atoms. The van der Waals surface area contributed by atoms with E-state index in [0.29, 0.717) is 0 Å². The molecular weight excluding hydrogens is 259 g/mol. The normalized spacial score (nSPS) is 14.5. The molecule has 0 aromatic heterocycles. The summed E-state index contributed by atoms with van der Waals surface area (Å²) in [6, 6.07) is 5.91. The summed E-state index contributed by atoms with van der Waals surface area (Å²) in [6.45, 7) is 7.61. The predicted octanol–water partition coefficient (Wildman–Crippen LogP) is 2.78. The first kappa shape index (κ1) is 16.4. The average molecular weight is 282 g/mol. The van der Waals surface area contributed by atoms with E-state index in [1.807, 2.05) is 6.92 Å². The molecular formula is C15H23FN2O2. The monoisotopic (exact) mass is 282 g/mol. The summed E-state index contributed by atoms with van der Waals surface area (Å²) in [4.78, 5) is 11.8. The number of hydrogen-bond donors (Lipinski definition) is 2. The zero-order valence-electron chi connectivity index (χ0n) is 12.4. The molecule has 0 fully saturated rings. The first-order valence-electron chi connectivity index (χ1n) is 6.68. The SMILES string of the molecule is CC(c1ccc(F)cc1)C(CN)NC(=O)OC(C)(C)C. The van der Waals surface area contributed by atoms with E-state index in [-0.39, 0.29) is 24.3 Å². The highest BCUT2D eigenvalue weighted by Gasteiger charge is 2.23. The Hall–Kier alpha value is -1.62. The number of hydrogen-bond acceptors (Lipinski definition) is 3. The summed E-state index contributed by atoms with van der Waals surface area (Å²) >= 11 is 0. The molecule has 5 heteroatoms. The van der Waals surface area contributed by atoms with E-state index in [0.717, 1.165) is 5.56 Å². The number of amides is 1. The van der Waals surface area contributed by atoms with Crippen molar-refractivity contribution in [3.8, 4) is 0 Å². The van der Waals surface area contributed by atoms with E-state index < -0.39 is 11.7 Å². The van der Waals surface area contributed by atoms with Gasteiger partial charge in [-0.1, -0.05) is 19.1 Å². The van der Waals surface area contributed by atoms with Crippen LogP contribution in [-0.2, 0) is 4.74 Å². The average Bonchev–Trinajstić information content (AvgIpc) is 2.34. The fourth-order valence-electron chi connectivity index (χ4n) is 1.85. The molecule has 1 aromatic rings.